The summed E-state index contributed by atoms with van der Waals surface area (Å²) < 4.78 is 32.4. The molecule has 0 aliphatic heterocycles. The number of halogens is 2. The van der Waals surface area contributed by atoms with Crippen LogP contribution in [0.2, 0.25) is 0 Å². The van der Waals surface area contributed by atoms with E-state index in [0.29, 0.717) is 24.6 Å². The fourth-order valence-electron chi connectivity index (χ4n) is 2.84. The summed E-state index contributed by atoms with van der Waals surface area (Å²) in [6.07, 6.45) is 4.17. The first kappa shape index (κ1) is 16.5. The van der Waals surface area contributed by atoms with E-state index in [1.54, 1.807) is 19.4 Å². The summed E-state index contributed by atoms with van der Waals surface area (Å²) in [5.41, 5.74) is 0.304. The van der Waals surface area contributed by atoms with Gasteiger partial charge in [0, 0.05) is 38.0 Å². The van der Waals surface area contributed by atoms with Crippen LogP contribution in [0.1, 0.15) is 24.2 Å². The van der Waals surface area contributed by atoms with E-state index >= 15 is 0 Å². The molecule has 1 fully saturated rings. The number of benzene rings is 1. The molecule has 0 unspecified atom stereocenters. The summed E-state index contributed by atoms with van der Waals surface area (Å²) >= 11 is 0. The van der Waals surface area contributed by atoms with Crippen molar-refractivity contribution in [3.63, 3.8) is 0 Å². The van der Waals surface area contributed by atoms with Crippen LogP contribution in [-0.2, 0) is 11.8 Å². The summed E-state index contributed by atoms with van der Waals surface area (Å²) in [5, 5.41) is 6.45. The molecule has 1 aliphatic carbocycles. The van der Waals surface area contributed by atoms with Gasteiger partial charge in [-0.2, -0.15) is 0 Å². The molecule has 1 aromatic carbocycles. The first-order chi connectivity index (χ1) is 11.6. The molecular formula is C18H21F2N3O. The molecule has 128 valence electrons. The predicted octanol–water partition coefficient (Wildman–Crippen LogP) is 3.00. The van der Waals surface area contributed by atoms with Crippen LogP contribution in [0.5, 0.6) is 0 Å². The van der Waals surface area contributed by atoms with Crippen LogP contribution in [0.15, 0.2) is 46.0 Å². The Morgan fingerprint density at radius 2 is 2.08 bits per heavy atom. The van der Waals surface area contributed by atoms with Gasteiger partial charge in [-0.15, -0.1) is 0 Å². The highest BCUT2D eigenvalue weighted by molar-refractivity contribution is 5.79. The maximum absolute atomic E-state index is 14.0. The molecule has 0 saturated heterocycles. The zero-order valence-electron chi connectivity index (χ0n) is 13.6. The topological polar surface area (TPSA) is 49.6 Å². The average Bonchev–Trinajstić information content (AvgIpc) is 3.16. The number of guanidine groups is 1. The van der Waals surface area contributed by atoms with Crippen LogP contribution in [0, 0.1) is 11.6 Å². The van der Waals surface area contributed by atoms with Gasteiger partial charge in [0.1, 0.15) is 17.4 Å². The fourth-order valence-corrected chi connectivity index (χ4v) is 2.84. The molecule has 0 spiro atoms. The van der Waals surface area contributed by atoms with Crippen molar-refractivity contribution in [1.29, 1.82) is 0 Å². The van der Waals surface area contributed by atoms with Crippen LogP contribution >= 0.6 is 0 Å². The molecule has 2 aromatic rings. The zero-order chi connectivity index (χ0) is 17.0. The molecule has 0 radical (unpaired) electrons. The molecule has 1 aliphatic rings. The van der Waals surface area contributed by atoms with Crippen molar-refractivity contribution in [2.45, 2.75) is 24.7 Å². The predicted molar refractivity (Wildman–Crippen MR) is 89.0 cm³/mol. The smallest absolute Gasteiger partial charge is 0.191 e. The van der Waals surface area contributed by atoms with Crippen molar-refractivity contribution >= 4 is 5.96 Å². The second-order valence-electron chi connectivity index (χ2n) is 6.09. The number of rotatable bonds is 6. The van der Waals surface area contributed by atoms with E-state index in [9.17, 15) is 8.78 Å². The van der Waals surface area contributed by atoms with Gasteiger partial charge in [0.05, 0.1) is 6.26 Å². The molecule has 1 heterocycles. The molecule has 6 heteroatoms. The van der Waals surface area contributed by atoms with Crippen LogP contribution in [0.25, 0.3) is 0 Å². The lowest BCUT2D eigenvalue weighted by Crippen LogP contribution is -2.42. The number of aliphatic imine (C=N–C) groups is 1. The average molecular weight is 333 g/mol. The number of hydrogen-bond acceptors (Lipinski definition) is 2. The Balaban J connectivity index is 1.53. The van der Waals surface area contributed by atoms with Gasteiger partial charge in [0.15, 0.2) is 5.96 Å². The minimum Gasteiger partial charge on any atom is -0.469 e. The van der Waals surface area contributed by atoms with E-state index in [2.05, 4.69) is 15.6 Å². The SMILES string of the molecule is CN=C(NCCc1ccco1)NCC1(c2ccc(F)cc2F)CC1. The summed E-state index contributed by atoms with van der Waals surface area (Å²) in [6.45, 7) is 1.25. The molecule has 1 saturated carbocycles. The van der Waals surface area contributed by atoms with Gasteiger partial charge in [0.25, 0.3) is 0 Å². The van der Waals surface area contributed by atoms with Crippen LogP contribution in [0.3, 0.4) is 0 Å². The van der Waals surface area contributed by atoms with Crippen molar-refractivity contribution in [2.24, 2.45) is 4.99 Å². The molecule has 0 atom stereocenters. The molecule has 1 aromatic heterocycles. The van der Waals surface area contributed by atoms with E-state index in [1.165, 1.54) is 6.07 Å². The van der Waals surface area contributed by atoms with Crippen LogP contribution in [0.4, 0.5) is 8.78 Å². The second kappa shape index (κ2) is 7.03. The highest BCUT2D eigenvalue weighted by Gasteiger charge is 2.46. The Kier molecular flexibility index (Phi) is 4.83. The highest BCUT2D eigenvalue weighted by atomic mass is 19.1. The van der Waals surface area contributed by atoms with Crippen molar-refractivity contribution in [3.8, 4) is 0 Å². The van der Waals surface area contributed by atoms with E-state index in [-0.39, 0.29) is 5.41 Å². The minimum absolute atomic E-state index is 0.267. The third kappa shape index (κ3) is 3.75. The minimum atomic E-state index is -0.546. The quantitative estimate of drug-likeness (QED) is 0.631. The van der Waals surface area contributed by atoms with Crippen molar-refractivity contribution < 1.29 is 13.2 Å². The molecule has 0 bridgehead atoms. The van der Waals surface area contributed by atoms with Gasteiger partial charge in [-0.3, -0.25) is 4.99 Å². The van der Waals surface area contributed by atoms with Gasteiger partial charge < -0.3 is 15.1 Å². The highest BCUT2D eigenvalue weighted by Crippen LogP contribution is 2.48. The van der Waals surface area contributed by atoms with E-state index in [4.69, 9.17) is 4.42 Å². The van der Waals surface area contributed by atoms with Crippen LogP contribution < -0.4 is 10.6 Å². The Bertz CT molecular complexity index is 709. The fraction of sp³-hybridized carbons (Fsp3) is 0.389. The normalized spacial score (nSPS) is 16.0. The summed E-state index contributed by atoms with van der Waals surface area (Å²) in [4.78, 5) is 4.18. The lowest BCUT2D eigenvalue weighted by molar-refractivity contribution is 0.506. The Morgan fingerprint density at radius 1 is 1.25 bits per heavy atom. The van der Waals surface area contributed by atoms with Gasteiger partial charge in [-0.25, -0.2) is 8.78 Å². The van der Waals surface area contributed by atoms with E-state index in [1.807, 2.05) is 12.1 Å². The molecule has 3 rings (SSSR count). The first-order valence-electron chi connectivity index (χ1n) is 8.05. The van der Waals surface area contributed by atoms with Gasteiger partial charge in [-0.05, 0) is 36.6 Å². The second-order valence-corrected chi connectivity index (χ2v) is 6.09. The number of nitrogens with zero attached hydrogens (tertiary/aromatic N) is 1. The lowest BCUT2D eigenvalue weighted by Gasteiger charge is -2.19. The third-order valence-corrected chi connectivity index (χ3v) is 4.42. The van der Waals surface area contributed by atoms with Crippen LogP contribution in [-0.4, -0.2) is 26.1 Å². The number of nitrogens with one attached hydrogen (secondary N) is 2. The maximum atomic E-state index is 14.0. The summed E-state index contributed by atoms with van der Waals surface area (Å²) in [7, 11) is 1.69. The molecule has 24 heavy (non-hydrogen) atoms. The van der Waals surface area contributed by atoms with Crippen molar-refractivity contribution in [1.82, 2.24) is 10.6 Å². The van der Waals surface area contributed by atoms with Gasteiger partial charge in [-0.1, -0.05) is 6.07 Å². The molecule has 2 N–H and O–H groups in total. The van der Waals surface area contributed by atoms with Gasteiger partial charge >= 0.3 is 0 Å². The Morgan fingerprint density at radius 3 is 2.71 bits per heavy atom. The monoisotopic (exact) mass is 333 g/mol. The number of furan rings is 1. The summed E-state index contributed by atoms with van der Waals surface area (Å²) in [6, 6.07) is 7.60. The lowest BCUT2D eigenvalue weighted by atomic mass is 9.95. The Hall–Kier alpha value is -2.37. The van der Waals surface area contributed by atoms with Gasteiger partial charge in [0.2, 0.25) is 0 Å². The largest absolute Gasteiger partial charge is 0.469 e. The zero-order valence-corrected chi connectivity index (χ0v) is 13.6. The summed E-state index contributed by atoms with van der Waals surface area (Å²) in [5.74, 6) is 0.547. The van der Waals surface area contributed by atoms with E-state index in [0.717, 1.165) is 31.1 Å². The molecule has 0 amide bonds. The first-order valence-corrected chi connectivity index (χ1v) is 8.05. The Labute approximate surface area is 140 Å². The number of hydrogen-bond donors (Lipinski definition) is 2. The molecular weight excluding hydrogens is 312 g/mol. The molecule has 4 nitrogen and oxygen atoms in total. The van der Waals surface area contributed by atoms with Crippen molar-refractivity contribution in [3.05, 3.63) is 59.6 Å². The van der Waals surface area contributed by atoms with E-state index < -0.39 is 11.6 Å². The maximum Gasteiger partial charge on any atom is 0.191 e. The standard InChI is InChI=1S/C18H21F2N3O/c1-21-17(22-9-6-14-3-2-10-24-14)23-12-18(7-8-18)15-5-4-13(19)11-16(15)20/h2-5,10-11H,6-9,12H2,1H3,(H2,21,22,23). The third-order valence-electron chi connectivity index (χ3n) is 4.42. The van der Waals surface area contributed by atoms with Crippen molar-refractivity contribution in [2.75, 3.05) is 20.1 Å².